The van der Waals surface area contributed by atoms with Gasteiger partial charge < -0.3 is 16.0 Å². The Morgan fingerprint density at radius 3 is 2.75 bits per heavy atom. The Balaban J connectivity index is 1.39. The van der Waals surface area contributed by atoms with Gasteiger partial charge in [-0.05, 0) is 61.6 Å². The molecule has 0 unspecified atom stereocenters. The molecule has 0 saturated heterocycles. The van der Waals surface area contributed by atoms with Crippen molar-refractivity contribution in [3.8, 4) is 11.3 Å². The number of pyridine rings is 2. The molecule has 4 N–H and O–H groups in total. The van der Waals surface area contributed by atoms with Gasteiger partial charge in [0, 0.05) is 30.3 Å². The fourth-order valence-corrected chi connectivity index (χ4v) is 4.40. The van der Waals surface area contributed by atoms with Gasteiger partial charge in [0.1, 0.15) is 17.5 Å². The quantitative estimate of drug-likeness (QED) is 0.394. The molecule has 4 aromatic rings. The van der Waals surface area contributed by atoms with E-state index in [4.69, 9.17) is 22.3 Å². The summed E-state index contributed by atoms with van der Waals surface area (Å²) in [6.45, 7) is 0. The smallest absolute Gasteiger partial charge is 0.178 e. The van der Waals surface area contributed by atoms with Gasteiger partial charge in [-0.3, -0.25) is 0 Å². The lowest BCUT2D eigenvalue weighted by Crippen LogP contribution is -2.33. The fourth-order valence-electron chi connectivity index (χ4n) is 4.20. The number of nitrogens with two attached hydrogens (primary N) is 1. The molecule has 0 aliphatic heterocycles. The molecule has 1 aliphatic rings. The minimum Gasteiger partial charge on any atom is -0.367 e. The lowest BCUT2D eigenvalue weighted by molar-refractivity contribution is 0.410. The Morgan fingerprint density at radius 2 is 1.94 bits per heavy atom. The van der Waals surface area contributed by atoms with Crippen molar-refractivity contribution in [3.63, 3.8) is 0 Å². The third-order valence-corrected chi connectivity index (χ3v) is 6.21. The number of hydrogen-bond acceptors (Lipinski definition) is 5. The van der Waals surface area contributed by atoms with E-state index in [9.17, 15) is 4.39 Å². The molecule has 0 atom stereocenters. The van der Waals surface area contributed by atoms with Crippen LogP contribution in [0.1, 0.15) is 37.1 Å². The van der Waals surface area contributed by atoms with Crippen molar-refractivity contribution in [2.24, 2.45) is 5.73 Å². The Morgan fingerprint density at radius 1 is 1.09 bits per heavy atom. The third kappa shape index (κ3) is 4.59. The highest BCUT2D eigenvalue weighted by Gasteiger charge is 2.19. The van der Waals surface area contributed by atoms with Crippen LogP contribution in [0, 0.1) is 5.82 Å². The van der Waals surface area contributed by atoms with Crippen molar-refractivity contribution in [1.82, 2.24) is 19.9 Å². The minimum atomic E-state index is -0.258. The zero-order valence-electron chi connectivity index (χ0n) is 17.5. The predicted molar refractivity (Wildman–Crippen MR) is 125 cm³/mol. The van der Waals surface area contributed by atoms with E-state index in [1.165, 1.54) is 12.1 Å². The molecule has 8 heteroatoms. The molecule has 1 saturated carbocycles. The van der Waals surface area contributed by atoms with Crippen LogP contribution in [0.2, 0.25) is 5.02 Å². The molecular weight excluding hydrogens is 427 g/mol. The molecule has 0 radical (unpaired) electrons. The molecule has 0 spiro atoms. The summed E-state index contributed by atoms with van der Waals surface area (Å²) in [7, 11) is 0. The number of imidazole rings is 1. The first kappa shape index (κ1) is 20.8. The SMILES string of the molecule is NC1CCC(Nc2cc(-c3ccc4[nH]c(Cc5cccc(F)c5)nc4n3)c(Cl)cn2)CC1. The van der Waals surface area contributed by atoms with Crippen molar-refractivity contribution in [1.29, 1.82) is 0 Å². The number of aromatic nitrogens is 4. The molecule has 32 heavy (non-hydrogen) atoms. The normalized spacial score (nSPS) is 18.7. The number of H-pyrrole nitrogens is 1. The first-order valence-electron chi connectivity index (χ1n) is 10.8. The van der Waals surface area contributed by atoms with Gasteiger partial charge in [0.05, 0.1) is 16.2 Å². The van der Waals surface area contributed by atoms with Crippen LogP contribution < -0.4 is 11.1 Å². The van der Waals surface area contributed by atoms with E-state index in [0.717, 1.165) is 59.7 Å². The summed E-state index contributed by atoms with van der Waals surface area (Å²) >= 11 is 6.46. The summed E-state index contributed by atoms with van der Waals surface area (Å²) in [5.41, 5.74) is 9.80. The number of rotatable bonds is 5. The van der Waals surface area contributed by atoms with E-state index in [2.05, 4.69) is 20.3 Å². The van der Waals surface area contributed by atoms with Crippen molar-refractivity contribution in [2.45, 2.75) is 44.2 Å². The van der Waals surface area contributed by atoms with Gasteiger partial charge in [0.2, 0.25) is 0 Å². The summed E-state index contributed by atoms with van der Waals surface area (Å²) < 4.78 is 13.5. The van der Waals surface area contributed by atoms with Crippen LogP contribution in [0.25, 0.3) is 22.4 Å². The van der Waals surface area contributed by atoms with Gasteiger partial charge in [-0.15, -0.1) is 0 Å². The van der Waals surface area contributed by atoms with Crippen molar-refractivity contribution in [3.05, 3.63) is 70.9 Å². The van der Waals surface area contributed by atoms with Crippen molar-refractivity contribution < 1.29 is 4.39 Å². The molecule has 1 aliphatic carbocycles. The number of hydrogen-bond donors (Lipinski definition) is 3. The van der Waals surface area contributed by atoms with Gasteiger partial charge in [-0.25, -0.2) is 19.3 Å². The number of halogens is 2. The second-order valence-electron chi connectivity index (χ2n) is 8.36. The maximum Gasteiger partial charge on any atom is 0.178 e. The lowest BCUT2D eigenvalue weighted by atomic mass is 9.92. The molecule has 1 fully saturated rings. The van der Waals surface area contributed by atoms with Gasteiger partial charge in [0.25, 0.3) is 0 Å². The highest BCUT2D eigenvalue weighted by atomic mass is 35.5. The number of aromatic amines is 1. The first-order valence-corrected chi connectivity index (χ1v) is 11.2. The molecule has 0 bridgehead atoms. The van der Waals surface area contributed by atoms with Crippen LogP contribution in [0.15, 0.2) is 48.7 Å². The highest BCUT2D eigenvalue weighted by molar-refractivity contribution is 6.33. The Kier molecular flexibility index (Phi) is 5.76. The van der Waals surface area contributed by atoms with Crippen LogP contribution in [-0.4, -0.2) is 32.0 Å². The highest BCUT2D eigenvalue weighted by Crippen LogP contribution is 2.30. The van der Waals surface area contributed by atoms with E-state index in [-0.39, 0.29) is 5.82 Å². The average Bonchev–Trinajstić information content (AvgIpc) is 3.18. The fraction of sp³-hybridized carbons (Fsp3) is 0.292. The summed E-state index contributed by atoms with van der Waals surface area (Å²) in [6.07, 6.45) is 6.26. The van der Waals surface area contributed by atoms with Crippen molar-refractivity contribution in [2.75, 3.05) is 5.32 Å². The van der Waals surface area contributed by atoms with Crippen LogP contribution >= 0.6 is 11.6 Å². The summed E-state index contributed by atoms with van der Waals surface area (Å²) in [5.74, 6) is 1.25. The van der Waals surface area contributed by atoms with E-state index < -0.39 is 0 Å². The number of nitrogens with one attached hydrogen (secondary N) is 2. The Bertz CT molecular complexity index is 1250. The lowest BCUT2D eigenvalue weighted by Gasteiger charge is -2.27. The van der Waals surface area contributed by atoms with Gasteiger partial charge in [0.15, 0.2) is 5.65 Å². The maximum atomic E-state index is 13.5. The monoisotopic (exact) mass is 450 g/mol. The topological polar surface area (TPSA) is 92.5 Å². The van der Waals surface area contributed by atoms with E-state index in [1.54, 1.807) is 12.3 Å². The van der Waals surface area contributed by atoms with Gasteiger partial charge >= 0.3 is 0 Å². The molecule has 6 nitrogen and oxygen atoms in total. The van der Waals surface area contributed by atoms with Crippen LogP contribution in [-0.2, 0) is 6.42 Å². The summed E-state index contributed by atoms with van der Waals surface area (Å²) in [4.78, 5) is 17.0. The Hall–Kier alpha value is -3.03. The third-order valence-electron chi connectivity index (χ3n) is 5.91. The molecule has 164 valence electrons. The minimum absolute atomic E-state index is 0.258. The molecule has 1 aromatic carbocycles. The summed E-state index contributed by atoms with van der Waals surface area (Å²) in [6, 6.07) is 13.0. The number of fused-ring (bicyclic) bond motifs is 1. The van der Waals surface area contributed by atoms with E-state index in [0.29, 0.717) is 29.2 Å². The van der Waals surface area contributed by atoms with Gasteiger partial charge in [-0.1, -0.05) is 23.7 Å². The molecule has 0 amide bonds. The number of nitrogens with zero attached hydrogens (tertiary/aromatic N) is 3. The zero-order chi connectivity index (χ0) is 22.1. The largest absolute Gasteiger partial charge is 0.367 e. The maximum absolute atomic E-state index is 13.5. The summed E-state index contributed by atoms with van der Waals surface area (Å²) in [5, 5.41) is 4.04. The standard InChI is InChI=1S/C24H24ClFN6/c25-19-13-28-22(29-17-6-4-16(27)5-7-17)12-18(19)20-8-9-21-24(31-20)32-23(30-21)11-14-2-1-3-15(26)10-14/h1-3,8-10,12-13,16-17H,4-7,11,27H2,(H,28,29)(H,30,31,32). The molecule has 5 rings (SSSR count). The predicted octanol–water partition coefficient (Wildman–Crippen LogP) is 5.09. The van der Waals surface area contributed by atoms with Crippen LogP contribution in [0.4, 0.5) is 10.2 Å². The second kappa shape index (κ2) is 8.84. The van der Waals surface area contributed by atoms with E-state index >= 15 is 0 Å². The van der Waals surface area contributed by atoms with Crippen molar-refractivity contribution >= 4 is 28.6 Å². The second-order valence-corrected chi connectivity index (χ2v) is 8.77. The average molecular weight is 451 g/mol. The Labute approximate surface area is 190 Å². The molecular formula is C24H24ClFN6. The van der Waals surface area contributed by atoms with Crippen LogP contribution in [0.5, 0.6) is 0 Å². The first-order chi connectivity index (χ1) is 15.5. The zero-order valence-corrected chi connectivity index (χ0v) is 18.2. The molecule has 3 heterocycles. The number of anilines is 1. The molecule has 3 aromatic heterocycles. The van der Waals surface area contributed by atoms with Gasteiger partial charge in [-0.2, -0.15) is 0 Å². The van der Waals surface area contributed by atoms with Crippen LogP contribution in [0.3, 0.4) is 0 Å². The van der Waals surface area contributed by atoms with E-state index in [1.807, 2.05) is 24.3 Å². The number of benzene rings is 1.